The minimum Gasteiger partial charge on any atom is -0.275 e. The normalized spacial score (nSPS) is 19.0. The van der Waals surface area contributed by atoms with E-state index in [1.54, 1.807) is 6.07 Å². The van der Waals surface area contributed by atoms with E-state index in [1.165, 1.54) is 6.07 Å². The Morgan fingerprint density at radius 1 is 1.16 bits per heavy atom. The molecular formula is C19H16Br2FN3. The van der Waals surface area contributed by atoms with E-state index in [9.17, 15) is 4.39 Å². The van der Waals surface area contributed by atoms with E-state index >= 15 is 0 Å². The van der Waals surface area contributed by atoms with Crippen LogP contribution >= 0.6 is 31.9 Å². The van der Waals surface area contributed by atoms with E-state index in [0.717, 1.165) is 32.3 Å². The SMILES string of the molecule is Cn1nc2c(Br)cccc2c1C1=NC(C)(C)C(Br)c2c(F)cccc21. The Balaban J connectivity index is 2.09. The fourth-order valence-corrected chi connectivity index (χ4v) is 4.42. The zero-order valence-corrected chi connectivity index (χ0v) is 17.2. The fraction of sp³-hybridized carbons (Fsp3) is 0.263. The molecule has 3 nitrogen and oxygen atoms in total. The van der Waals surface area contributed by atoms with E-state index < -0.39 is 5.54 Å². The van der Waals surface area contributed by atoms with Gasteiger partial charge in [0.25, 0.3) is 0 Å². The molecule has 0 radical (unpaired) electrons. The van der Waals surface area contributed by atoms with Crippen molar-refractivity contribution in [2.24, 2.45) is 12.0 Å². The van der Waals surface area contributed by atoms with Crippen LogP contribution in [0, 0.1) is 5.82 Å². The number of aryl methyl sites for hydroxylation is 1. The summed E-state index contributed by atoms with van der Waals surface area (Å²) < 4.78 is 17.4. The second-order valence-corrected chi connectivity index (χ2v) is 8.56. The first-order chi connectivity index (χ1) is 11.8. The van der Waals surface area contributed by atoms with Gasteiger partial charge in [0.15, 0.2) is 0 Å². The molecule has 0 saturated carbocycles. The van der Waals surface area contributed by atoms with E-state index in [4.69, 9.17) is 4.99 Å². The smallest absolute Gasteiger partial charge is 0.128 e. The van der Waals surface area contributed by atoms with Crippen molar-refractivity contribution < 1.29 is 4.39 Å². The number of hydrogen-bond donors (Lipinski definition) is 0. The molecule has 4 rings (SSSR count). The van der Waals surface area contributed by atoms with Crippen molar-refractivity contribution in [2.75, 3.05) is 0 Å². The number of alkyl halides is 1. The third kappa shape index (κ3) is 2.49. The van der Waals surface area contributed by atoms with Gasteiger partial charge in [-0.1, -0.05) is 40.2 Å². The average Bonchev–Trinajstić information content (AvgIpc) is 2.88. The van der Waals surface area contributed by atoms with Gasteiger partial charge in [0.2, 0.25) is 0 Å². The van der Waals surface area contributed by atoms with Crippen LogP contribution in [0.4, 0.5) is 4.39 Å². The second kappa shape index (κ2) is 5.74. The molecule has 1 unspecified atom stereocenters. The predicted molar refractivity (Wildman–Crippen MR) is 106 cm³/mol. The molecule has 1 atom stereocenters. The second-order valence-electron chi connectivity index (χ2n) is 6.79. The summed E-state index contributed by atoms with van der Waals surface area (Å²) in [4.78, 5) is 4.80. The highest BCUT2D eigenvalue weighted by atomic mass is 79.9. The van der Waals surface area contributed by atoms with Crippen molar-refractivity contribution in [1.82, 2.24) is 9.78 Å². The van der Waals surface area contributed by atoms with E-state index in [1.807, 2.05) is 49.8 Å². The predicted octanol–water partition coefficient (Wildman–Crippen LogP) is 5.54. The molecule has 3 aromatic rings. The molecule has 2 heterocycles. The molecule has 0 amide bonds. The number of fused-ring (bicyclic) bond motifs is 2. The summed E-state index contributed by atoms with van der Waals surface area (Å²) in [6.45, 7) is 4.02. The number of hydrogen-bond acceptors (Lipinski definition) is 2. The maximum Gasteiger partial charge on any atom is 0.128 e. The van der Waals surface area contributed by atoms with Crippen molar-refractivity contribution in [3.05, 3.63) is 63.5 Å². The van der Waals surface area contributed by atoms with Gasteiger partial charge in [-0.05, 0) is 41.9 Å². The third-order valence-corrected chi connectivity index (χ3v) is 6.84. The molecular weight excluding hydrogens is 449 g/mol. The number of aromatic nitrogens is 2. The van der Waals surface area contributed by atoms with Gasteiger partial charge < -0.3 is 0 Å². The summed E-state index contributed by atoms with van der Waals surface area (Å²) in [7, 11) is 1.90. The van der Waals surface area contributed by atoms with Crippen molar-refractivity contribution in [2.45, 2.75) is 24.2 Å². The van der Waals surface area contributed by atoms with Crippen LogP contribution in [-0.2, 0) is 7.05 Å². The highest BCUT2D eigenvalue weighted by molar-refractivity contribution is 9.10. The average molecular weight is 465 g/mol. The Labute approximate surface area is 162 Å². The van der Waals surface area contributed by atoms with Crippen LogP contribution in [0.3, 0.4) is 0 Å². The fourth-order valence-electron chi connectivity index (χ4n) is 3.40. The molecule has 1 aliphatic heterocycles. The summed E-state index contributed by atoms with van der Waals surface area (Å²) >= 11 is 7.21. The number of rotatable bonds is 1. The summed E-state index contributed by atoms with van der Waals surface area (Å²) in [6, 6.07) is 11.1. The first kappa shape index (κ1) is 16.9. The Morgan fingerprint density at radius 3 is 2.64 bits per heavy atom. The largest absolute Gasteiger partial charge is 0.275 e. The Bertz CT molecular complexity index is 1040. The lowest BCUT2D eigenvalue weighted by Gasteiger charge is -2.34. The first-order valence-electron chi connectivity index (χ1n) is 7.95. The number of nitrogens with zero attached hydrogens (tertiary/aromatic N) is 3. The van der Waals surface area contributed by atoms with Crippen LogP contribution in [-0.4, -0.2) is 21.0 Å². The monoisotopic (exact) mass is 463 g/mol. The van der Waals surface area contributed by atoms with E-state index in [-0.39, 0.29) is 10.6 Å². The van der Waals surface area contributed by atoms with E-state index in [2.05, 4.69) is 37.0 Å². The Hall–Kier alpha value is -1.53. The van der Waals surface area contributed by atoms with Crippen LogP contribution in [0.25, 0.3) is 10.9 Å². The minimum atomic E-state index is -0.479. The highest BCUT2D eigenvalue weighted by Gasteiger charge is 2.38. The highest BCUT2D eigenvalue weighted by Crippen LogP contribution is 2.44. The zero-order chi connectivity index (χ0) is 17.9. The number of aliphatic imine (C=N–C) groups is 1. The van der Waals surface area contributed by atoms with Crippen LogP contribution in [0.5, 0.6) is 0 Å². The molecule has 0 spiro atoms. The van der Waals surface area contributed by atoms with E-state index in [0.29, 0.717) is 5.56 Å². The van der Waals surface area contributed by atoms with Crippen molar-refractivity contribution in [1.29, 1.82) is 0 Å². The quantitative estimate of drug-likeness (QED) is 0.435. The minimum absolute atomic E-state index is 0.189. The molecule has 0 saturated heterocycles. The van der Waals surface area contributed by atoms with Crippen molar-refractivity contribution >= 4 is 48.5 Å². The summed E-state index contributed by atoms with van der Waals surface area (Å²) in [6.07, 6.45) is 0. The third-order valence-electron chi connectivity index (χ3n) is 4.62. The van der Waals surface area contributed by atoms with Gasteiger partial charge in [0.1, 0.15) is 11.3 Å². The zero-order valence-electron chi connectivity index (χ0n) is 14.0. The van der Waals surface area contributed by atoms with Crippen LogP contribution in [0.2, 0.25) is 0 Å². The Morgan fingerprint density at radius 2 is 1.88 bits per heavy atom. The van der Waals surface area contributed by atoms with Gasteiger partial charge in [-0.15, -0.1) is 0 Å². The van der Waals surface area contributed by atoms with Crippen LogP contribution in [0.1, 0.15) is 35.5 Å². The topological polar surface area (TPSA) is 30.2 Å². The molecule has 0 bridgehead atoms. The molecule has 128 valence electrons. The van der Waals surface area contributed by atoms with Crippen LogP contribution in [0.15, 0.2) is 45.9 Å². The van der Waals surface area contributed by atoms with Gasteiger partial charge >= 0.3 is 0 Å². The molecule has 0 N–H and O–H groups in total. The molecule has 1 aromatic heterocycles. The first-order valence-corrected chi connectivity index (χ1v) is 9.66. The molecule has 0 fully saturated rings. The molecule has 2 aromatic carbocycles. The van der Waals surface area contributed by atoms with Crippen molar-refractivity contribution in [3.63, 3.8) is 0 Å². The standard InChI is InChI=1S/C19H16Br2FN3/c1-19(2)18(21)14-10(6-5-9-13(14)22)16(23-19)17-11-7-4-8-12(20)15(11)24-25(17)3/h4-9,18H,1-3H3. The van der Waals surface area contributed by atoms with Crippen LogP contribution < -0.4 is 0 Å². The number of halogens is 3. The number of benzene rings is 2. The van der Waals surface area contributed by atoms with Gasteiger partial charge in [-0.25, -0.2) is 4.39 Å². The molecule has 1 aliphatic rings. The maximum atomic E-state index is 14.6. The lowest BCUT2D eigenvalue weighted by molar-refractivity contribution is 0.488. The summed E-state index contributed by atoms with van der Waals surface area (Å²) in [5, 5.41) is 5.63. The van der Waals surface area contributed by atoms with Gasteiger partial charge in [-0.2, -0.15) is 5.10 Å². The summed E-state index contributed by atoms with van der Waals surface area (Å²) in [5.74, 6) is -0.215. The Kier molecular flexibility index (Phi) is 3.88. The molecule has 25 heavy (non-hydrogen) atoms. The van der Waals surface area contributed by atoms with Gasteiger partial charge in [-0.3, -0.25) is 9.67 Å². The summed E-state index contributed by atoms with van der Waals surface area (Å²) in [5.41, 5.74) is 3.54. The maximum absolute atomic E-state index is 14.6. The molecule has 0 aliphatic carbocycles. The molecule has 6 heteroatoms. The van der Waals surface area contributed by atoms with Gasteiger partial charge in [0, 0.05) is 28.0 Å². The van der Waals surface area contributed by atoms with Gasteiger partial charge in [0.05, 0.1) is 21.8 Å². The lowest BCUT2D eigenvalue weighted by Crippen LogP contribution is -2.33. The lowest BCUT2D eigenvalue weighted by atomic mass is 9.85. The van der Waals surface area contributed by atoms with Crippen molar-refractivity contribution in [3.8, 4) is 0 Å².